The van der Waals surface area contributed by atoms with E-state index in [9.17, 15) is 31.7 Å². The zero-order chi connectivity index (χ0) is 12.5. The molecule has 0 bridgehead atoms. The molecule has 0 aliphatic heterocycles. The SMILES string of the molecule is O=[N+]([O-])c1cccc(F)c1S(=O)(=O)C(F)F. The number of sulfone groups is 1. The first-order valence-corrected chi connectivity index (χ1v) is 5.28. The van der Waals surface area contributed by atoms with E-state index in [1.54, 1.807) is 0 Å². The third-order valence-corrected chi connectivity index (χ3v) is 3.10. The Morgan fingerprint density at radius 3 is 2.31 bits per heavy atom. The first-order valence-electron chi connectivity index (χ1n) is 3.73. The van der Waals surface area contributed by atoms with E-state index in [-0.39, 0.29) is 0 Å². The lowest BCUT2D eigenvalue weighted by atomic mass is 10.3. The van der Waals surface area contributed by atoms with Crippen molar-refractivity contribution in [2.45, 2.75) is 10.7 Å². The van der Waals surface area contributed by atoms with Gasteiger partial charge in [-0.1, -0.05) is 6.07 Å². The minimum absolute atomic E-state index is 0.558. The molecule has 0 atom stereocenters. The molecule has 0 unspecified atom stereocenters. The molecule has 0 aliphatic rings. The summed E-state index contributed by atoms with van der Waals surface area (Å²) in [6.45, 7) is 0. The molecule has 0 N–H and O–H groups in total. The highest BCUT2D eigenvalue weighted by Gasteiger charge is 2.36. The Bertz CT molecular complexity index is 528. The molecule has 5 nitrogen and oxygen atoms in total. The standard InChI is InChI=1S/C7H4F3NO4S/c8-4-2-1-3-5(11(12)13)6(4)16(14,15)7(9)10/h1-3,7H. The van der Waals surface area contributed by atoms with Gasteiger partial charge in [-0.05, 0) is 6.07 Å². The molecule has 0 radical (unpaired) electrons. The molecule has 0 aromatic heterocycles. The van der Waals surface area contributed by atoms with Crippen molar-refractivity contribution in [3.05, 3.63) is 34.1 Å². The molecule has 16 heavy (non-hydrogen) atoms. The third-order valence-electron chi connectivity index (χ3n) is 1.66. The van der Waals surface area contributed by atoms with Gasteiger partial charge in [0, 0.05) is 6.07 Å². The Balaban J connectivity index is 3.62. The monoisotopic (exact) mass is 255 g/mol. The Hall–Kier alpha value is -1.64. The largest absolute Gasteiger partial charge is 0.341 e. The summed E-state index contributed by atoms with van der Waals surface area (Å²) in [5.74, 6) is -5.49. The second-order valence-corrected chi connectivity index (χ2v) is 4.51. The number of rotatable bonds is 3. The quantitative estimate of drug-likeness (QED) is 0.608. The Labute approximate surface area is 87.6 Å². The van der Waals surface area contributed by atoms with Crippen LogP contribution >= 0.6 is 0 Å². The highest BCUT2D eigenvalue weighted by atomic mass is 32.2. The zero-order valence-electron chi connectivity index (χ0n) is 7.43. The van der Waals surface area contributed by atoms with E-state index in [0.717, 1.165) is 6.07 Å². The summed E-state index contributed by atoms with van der Waals surface area (Å²) in [4.78, 5) is 7.55. The van der Waals surface area contributed by atoms with Crippen LogP contribution in [-0.2, 0) is 9.84 Å². The van der Waals surface area contributed by atoms with E-state index in [1.807, 2.05) is 0 Å². The van der Waals surface area contributed by atoms with Gasteiger partial charge in [0.05, 0.1) is 4.92 Å². The molecule has 0 amide bonds. The van der Waals surface area contributed by atoms with Gasteiger partial charge in [0.2, 0.25) is 9.84 Å². The third kappa shape index (κ3) is 1.98. The lowest BCUT2D eigenvalue weighted by molar-refractivity contribution is -0.388. The van der Waals surface area contributed by atoms with Crippen LogP contribution in [0.15, 0.2) is 23.1 Å². The van der Waals surface area contributed by atoms with Crippen LogP contribution in [0.1, 0.15) is 0 Å². The van der Waals surface area contributed by atoms with E-state index >= 15 is 0 Å². The van der Waals surface area contributed by atoms with Gasteiger partial charge in [-0.2, -0.15) is 8.78 Å². The van der Waals surface area contributed by atoms with Crippen molar-refractivity contribution in [3.8, 4) is 0 Å². The Morgan fingerprint density at radius 2 is 1.88 bits per heavy atom. The molecule has 0 saturated heterocycles. The van der Waals surface area contributed by atoms with Crippen LogP contribution in [-0.4, -0.2) is 19.1 Å². The van der Waals surface area contributed by atoms with Crippen LogP contribution in [0.3, 0.4) is 0 Å². The van der Waals surface area contributed by atoms with Crippen molar-refractivity contribution in [1.29, 1.82) is 0 Å². The topological polar surface area (TPSA) is 77.3 Å². The number of halogens is 3. The van der Waals surface area contributed by atoms with Crippen LogP contribution in [0.4, 0.5) is 18.9 Å². The first kappa shape index (κ1) is 12.4. The number of nitro groups is 1. The summed E-state index contributed by atoms with van der Waals surface area (Å²) < 4.78 is 59.3. The summed E-state index contributed by atoms with van der Waals surface area (Å²) in [5.41, 5.74) is -1.21. The summed E-state index contributed by atoms with van der Waals surface area (Å²) in [6.07, 6.45) is 0. The molecule has 1 aromatic rings. The predicted octanol–water partition coefficient (Wildman–Crippen LogP) is 1.73. The van der Waals surface area contributed by atoms with E-state index in [2.05, 4.69) is 0 Å². The normalized spacial score (nSPS) is 11.8. The van der Waals surface area contributed by atoms with Gasteiger partial charge in [0.15, 0.2) is 4.90 Å². The van der Waals surface area contributed by atoms with Crippen molar-refractivity contribution in [3.63, 3.8) is 0 Å². The molecule has 1 aromatic carbocycles. The average Bonchev–Trinajstić information content (AvgIpc) is 2.16. The Kier molecular flexibility index (Phi) is 3.17. The number of alkyl halides is 2. The molecule has 0 spiro atoms. The summed E-state index contributed by atoms with van der Waals surface area (Å²) in [5, 5.41) is 10.4. The zero-order valence-corrected chi connectivity index (χ0v) is 8.25. The van der Waals surface area contributed by atoms with Crippen LogP contribution in [0, 0.1) is 15.9 Å². The maximum atomic E-state index is 13.0. The highest BCUT2D eigenvalue weighted by Crippen LogP contribution is 2.30. The fourth-order valence-corrected chi connectivity index (χ4v) is 1.96. The minimum Gasteiger partial charge on any atom is -0.258 e. The van der Waals surface area contributed by atoms with Gasteiger partial charge < -0.3 is 0 Å². The van der Waals surface area contributed by atoms with Crippen molar-refractivity contribution < 1.29 is 26.5 Å². The maximum absolute atomic E-state index is 13.0. The molecule has 0 aliphatic carbocycles. The van der Waals surface area contributed by atoms with Gasteiger partial charge >= 0.3 is 5.76 Å². The van der Waals surface area contributed by atoms with Crippen molar-refractivity contribution in [2.75, 3.05) is 0 Å². The van der Waals surface area contributed by atoms with Gasteiger partial charge in [-0.25, -0.2) is 12.8 Å². The fraction of sp³-hybridized carbons (Fsp3) is 0.143. The molecule has 0 heterocycles. The van der Waals surface area contributed by atoms with Gasteiger partial charge in [-0.3, -0.25) is 10.1 Å². The minimum atomic E-state index is -5.33. The van der Waals surface area contributed by atoms with E-state index < -0.39 is 36.9 Å². The van der Waals surface area contributed by atoms with Crippen molar-refractivity contribution in [2.24, 2.45) is 0 Å². The number of benzene rings is 1. The highest BCUT2D eigenvalue weighted by molar-refractivity contribution is 7.91. The maximum Gasteiger partial charge on any atom is 0.341 e. The molecule has 0 fully saturated rings. The summed E-state index contributed by atoms with van der Waals surface area (Å²) >= 11 is 0. The fourth-order valence-electron chi connectivity index (χ4n) is 1.01. The number of nitro benzene ring substituents is 1. The molecule has 1 rings (SSSR count). The second-order valence-electron chi connectivity index (χ2n) is 2.65. The number of nitrogens with zero attached hydrogens (tertiary/aromatic N) is 1. The summed E-state index contributed by atoms with van der Waals surface area (Å²) in [7, 11) is -5.33. The molecular weight excluding hydrogens is 251 g/mol. The van der Waals surface area contributed by atoms with E-state index in [1.165, 1.54) is 0 Å². The number of hydrogen-bond acceptors (Lipinski definition) is 4. The van der Waals surface area contributed by atoms with Gasteiger partial charge in [0.25, 0.3) is 5.69 Å². The molecule has 9 heteroatoms. The summed E-state index contributed by atoms with van der Waals surface area (Å²) in [6, 6.07) is 2.05. The van der Waals surface area contributed by atoms with Crippen LogP contribution in [0.25, 0.3) is 0 Å². The molecule has 0 saturated carbocycles. The van der Waals surface area contributed by atoms with Crippen LogP contribution < -0.4 is 0 Å². The second kappa shape index (κ2) is 4.08. The van der Waals surface area contributed by atoms with Crippen LogP contribution in [0.2, 0.25) is 0 Å². The predicted molar refractivity (Wildman–Crippen MR) is 46.2 cm³/mol. The van der Waals surface area contributed by atoms with Crippen molar-refractivity contribution in [1.82, 2.24) is 0 Å². The lowest BCUT2D eigenvalue weighted by Crippen LogP contribution is -2.15. The number of hydrogen-bond donors (Lipinski definition) is 0. The average molecular weight is 255 g/mol. The Morgan fingerprint density at radius 1 is 1.31 bits per heavy atom. The van der Waals surface area contributed by atoms with Crippen molar-refractivity contribution >= 4 is 15.5 Å². The lowest BCUT2D eigenvalue weighted by Gasteiger charge is -2.04. The first-order chi connectivity index (χ1) is 7.28. The van der Waals surface area contributed by atoms with Gasteiger partial charge in [0.1, 0.15) is 5.82 Å². The molecule has 88 valence electrons. The van der Waals surface area contributed by atoms with E-state index in [0.29, 0.717) is 12.1 Å². The molecular formula is C7H4F3NO4S. The van der Waals surface area contributed by atoms with Gasteiger partial charge in [-0.15, -0.1) is 0 Å². The van der Waals surface area contributed by atoms with E-state index in [4.69, 9.17) is 0 Å². The van der Waals surface area contributed by atoms with Crippen LogP contribution in [0.5, 0.6) is 0 Å². The smallest absolute Gasteiger partial charge is 0.258 e.